The monoisotopic (exact) mass is 292 g/mol. The smallest absolute Gasteiger partial charge is 0.226 e. The Balaban J connectivity index is 1.86. The fourth-order valence-electron chi connectivity index (χ4n) is 1.96. The van der Waals surface area contributed by atoms with Crippen LogP contribution in [0.15, 0.2) is 28.2 Å². The first-order valence-electron chi connectivity index (χ1n) is 6.97. The first-order valence-corrected chi connectivity index (χ1v) is 7.85. The maximum atomic E-state index is 11.9. The van der Waals surface area contributed by atoms with Gasteiger partial charge in [0, 0.05) is 11.9 Å². The van der Waals surface area contributed by atoms with Gasteiger partial charge < -0.3 is 9.73 Å². The third-order valence-electron chi connectivity index (χ3n) is 3.37. The summed E-state index contributed by atoms with van der Waals surface area (Å²) in [7, 11) is 0. The Bertz CT molecular complexity index is 530. The van der Waals surface area contributed by atoms with E-state index in [-0.39, 0.29) is 5.91 Å². The highest BCUT2D eigenvalue weighted by atomic mass is 32.1. The molecule has 1 amide bonds. The molecule has 108 valence electrons. The maximum Gasteiger partial charge on any atom is 0.226 e. The van der Waals surface area contributed by atoms with Gasteiger partial charge >= 0.3 is 0 Å². The summed E-state index contributed by atoms with van der Waals surface area (Å²) in [5.74, 6) is 1.35. The molecule has 0 aromatic carbocycles. The van der Waals surface area contributed by atoms with E-state index < -0.39 is 0 Å². The molecule has 0 aliphatic heterocycles. The predicted molar refractivity (Wildman–Crippen MR) is 80.6 cm³/mol. The molecule has 2 aromatic heterocycles. The van der Waals surface area contributed by atoms with Gasteiger partial charge in [-0.05, 0) is 18.1 Å². The first kappa shape index (κ1) is 14.8. The third-order valence-corrected chi connectivity index (χ3v) is 4.27. The Labute approximate surface area is 123 Å². The number of nitrogens with one attached hydrogen (secondary N) is 1. The second-order valence-corrected chi connectivity index (χ2v) is 5.64. The van der Waals surface area contributed by atoms with Gasteiger partial charge in [0.25, 0.3) is 0 Å². The van der Waals surface area contributed by atoms with Gasteiger partial charge in [0.15, 0.2) is 10.8 Å². The van der Waals surface area contributed by atoms with Crippen LogP contribution in [0.5, 0.6) is 0 Å². The Morgan fingerprint density at radius 2 is 2.25 bits per heavy atom. The summed E-state index contributed by atoms with van der Waals surface area (Å²) >= 11 is 1.50. The summed E-state index contributed by atoms with van der Waals surface area (Å²) in [6.07, 6.45) is 4.14. The van der Waals surface area contributed by atoms with Crippen molar-refractivity contribution in [3.63, 3.8) is 0 Å². The van der Waals surface area contributed by atoms with Crippen molar-refractivity contribution < 1.29 is 9.21 Å². The number of aromatic nitrogens is 1. The Kier molecular flexibility index (Phi) is 5.35. The molecule has 0 aliphatic carbocycles. The summed E-state index contributed by atoms with van der Waals surface area (Å²) < 4.78 is 5.29. The van der Waals surface area contributed by atoms with Gasteiger partial charge in [-0.15, -0.1) is 11.3 Å². The molecular formula is C15H20N2O2S. The van der Waals surface area contributed by atoms with Crippen molar-refractivity contribution in [2.75, 3.05) is 6.54 Å². The summed E-state index contributed by atoms with van der Waals surface area (Å²) in [4.78, 5) is 16.3. The lowest BCUT2D eigenvalue weighted by Gasteiger charge is -2.12. The van der Waals surface area contributed by atoms with Crippen LogP contribution in [0.3, 0.4) is 0 Å². The first-order chi connectivity index (χ1) is 9.72. The summed E-state index contributed by atoms with van der Waals surface area (Å²) in [6.45, 7) is 5.05. The summed E-state index contributed by atoms with van der Waals surface area (Å²) in [5.41, 5.74) is 0.795. The van der Waals surface area contributed by atoms with Crippen molar-refractivity contribution in [1.29, 1.82) is 0 Å². The minimum atomic E-state index is 0.0354. The second kappa shape index (κ2) is 7.24. The molecule has 2 heterocycles. The topological polar surface area (TPSA) is 55.1 Å². The second-order valence-electron chi connectivity index (χ2n) is 4.78. The molecule has 4 nitrogen and oxygen atoms in total. The largest absolute Gasteiger partial charge is 0.462 e. The number of amides is 1. The quantitative estimate of drug-likeness (QED) is 0.849. The normalized spacial score (nSPS) is 10.9. The lowest BCUT2D eigenvalue weighted by atomic mass is 10.0. The van der Waals surface area contributed by atoms with Crippen molar-refractivity contribution in [2.24, 2.45) is 5.92 Å². The van der Waals surface area contributed by atoms with Crippen LogP contribution in [0.25, 0.3) is 10.8 Å². The van der Waals surface area contributed by atoms with Gasteiger partial charge in [-0.3, -0.25) is 4.79 Å². The van der Waals surface area contributed by atoms with Crippen LogP contribution in [-0.4, -0.2) is 17.4 Å². The molecule has 1 N–H and O–H groups in total. The molecule has 0 radical (unpaired) electrons. The van der Waals surface area contributed by atoms with E-state index in [1.807, 2.05) is 17.5 Å². The Hall–Kier alpha value is -1.62. The van der Waals surface area contributed by atoms with E-state index in [2.05, 4.69) is 24.1 Å². The highest BCUT2D eigenvalue weighted by molar-refractivity contribution is 7.13. The van der Waals surface area contributed by atoms with Crippen LogP contribution in [0.2, 0.25) is 0 Å². The number of nitrogens with zero attached hydrogens (tertiary/aromatic N) is 1. The van der Waals surface area contributed by atoms with E-state index >= 15 is 0 Å². The lowest BCUT2D eigenvalue weighted by molar-refractivity contribution is -0.120. The number of carbonyl (C=O) groups is 1. The molecule has 0 unspecified atom stereocenters. The molecule has 2 aromatic rings. The van der Waals surface area contributed by atoms with E-state index in [4.69, 9.17) is 4.42 Å². The molecule has 0 bridgehead atoms. The standard InChI is InChI=1S/C15H20N2O2S/c1-3-11(4-2)9-16-14(18)8-12-10-20-15(17-12)13-6-5-7-19-13/h5-7,10-11H,3-4,8-9H2,1-2H3,(H,16,18). The van der Waals surface area contributed by atoms with Gasteiger partial charge in [0.1, 0.15) is 0 Å². The molecule has 0 saturated carbocycles. The van der Waals surface area contributed by atoms with Crippen molar-refractivity contribution in [3.8, 4) is 10.8 Å². The molecule has 5 heteroatoms. The zero-order valence-electron chi connectivity index (χ0n) is 11.9. The molecule has 0 fully saturated rings. The van der Waals surface area contributed by atoms with Crippen molar-refractivity contribution in [1.82, 2.24) is 10.3 Å². The number of rotatable bonds is 7. The Morgan fingerprint density at radius 3 is 2.90 bits per heavy atom. The zero-order chi connectivity index (χ0) is 14.4. The van der Waals surface area contributed by atoms with Crippen molar-refractivity contribution in [3.05, 3.63) is 29.5 Å². The minimum Gasteiger partial charge on any atom is -0.462 e. The van der Waals surface area contributed by atoms with Crippen LogP contribution in [0.1, 0.15) is 32.4 Å². The fourth-order valence-corrected chi connectivity index (χ4v) is 2.75. The SMILES string of the molecule is CCC(CC)CNC(=O)Cc1csc(-c2ccco2)n1. The van der Waals surface area contributed by atoms with Crippen LogP contribution in [0.4, 0.5) is 0 Å². The van der Waals surface area contributed by atoms with E-state index in [1.54, 1.807) is 6.26 Å². The molecular weight excluding hydrogens is 272 g/mol. The molecule has 0 saturated heterocycles. The maximum absolute atomic E-state index is 11.9. The van der Waals surface area contributed by atoms with E-state index in [0.717, 1.165) is 35.8 Å². The van der Waals surface area contributed by atoms with Gasteiger partial charge in [-0.1, -0.05) is 26.7 Å². The van der Waals surface area contributed by atoms with Gasteiger partial charge in [-0.2, -0.15) is 0 Å². The molecule has 2 rings (SSSR count). The molecule has 0 atom stereocenters. The minimum absolute atomic E-state index is 0.0354. The predicted octanol–water partition coefficient (Wildman–Crippen LogP) is 3.50. The Morgan fingerprint density at radius 1 is 1.45 bits per heavy atom. The van der Waals surface area contributed by atoms with Gasteiger partial charge in [-0.25, -0.2) is 4.98 Å². The van der Waals surface area contributed by atoms with E-state index in [9.17, 15) is 4.79 Å². The van der Waals surface area contributed by atoms with Crippen molar-refractivity contribution in [2.45, 2.75) is 33.1 Å². The number of thiazole rings is 1. The summed E-state index contributed by atoms with van der Waals surface area (Å²) in [5, 5.41) is 5.71. The van der Waals surface area contributed by atoms with Crippen molar-refractivity contribution >= 4 is 17.2 Å². The van der Waals surface area contributed by atoms with Gasteiger partial charge in [0.05, 0.1) is 18.4 Å². The molecule has 0 aliphatic rings. The summed E-state index contributed by atoms with van der Waals surface area (Å²) in [6, 6.07) is 3.70. The number of carbonyl (C=O) groups excluding carboxylic acids is 1. The van der Waals surface area contributed by atoms with Gasteiger partial charge in [0.2, 0.25) is 5.91 Å². The fraction of sp³-hybridized carbons (Fsp3) is 0.467. The van der Waals surface area contributed by atoms with Crippen LogP contribution in [-0.2, 0) is 11.2 Å². The molecule has 0 spiro atoms. The average molecular weight is 292 g/mol. The van der Waals surface area contributed by atoms with Crippen LogP contribution < -0.4 is 5.32 Å². The van der Waals surface area contributed by atoms with Crippen LogP contribution >= 0.6 is 11.3 Å². The third kappa shape index (κ3) is 3.93. The lowest BCUT2D eigenvalue weighted by Crippen LogP contribution is -2.30. The average Bonchev–Trinajstić information content (AvgIpc) is 3.10. The zero-order valence-corrected chi connectivity index (χ0v) is 12.7. The number of furan rings is 1. The molecule has 20 heavy (non-hydrogen) atoms. The van der Waals surface area contributed by atoms with E-state index in [0.29, 0.717) is 12.3 Å². The van der Waals surface area contributed by atoms with E-state index in [1.165, 1.54) is 11.3 Å². The van der Waals surface area contributed by atoms with Crippen LogP contribution in [0, 0.1) is 5.92 Å². The highest BCUT2D eigenvalue weighted by Gasteiger charge is 2.11. The number of hydrogen-bond acceptors (Lipinski definition) is 4. The highest BCUT2D eigenvalue weighted by Crippen LogP contribution is 2.24. The number of hydrogen-bond donors (Lipinski definition) is 1.